The first-order chi connectivity index (χ1) is 25.8. The number of hydrogen-bond acceptors (Lipinski definition) is 13. The maximum absolute atomic E-state index is 13.0. The molecule has 0 fully saturated rings. The molecule has 3 radical (unpaired) electrons. The number of hydrogen-bond donors (Lipinski definition) is 7. The molecule has 0 unspecified atom stereocenters. The predicted molar refractivity (Wildman–Crippen MR) is 217 cm³/mol. The number of rotatable bonds is 9. The van der Waals surface area contributed by atoms with Crippen molar-refractivity contribution in [2.45, 2.75) is 21.6 Å². The number of nitrogens with zero attached hydrogens (tertiary/aromatic N) is 4. The van der Waals surface area contributed by atoms with Crippen molar-refractivity contribution < 1.29 is 53.9 Å². The van der Waals surface area contributed by atoms with Crippen LogP contribution in [-0.2, 0) is 30.4 Å². The molecule has 7 N–H and O–H groups in total. The van der Waals surface area contributed by atoms with Crippen LogP contribution < -0.4 is 10.6 Å². The molecule has 18 nitrogen and oxygen atoms in total. The fraction of sp³-hybridized carbons (Fsp3) is 0.0294. The van der Waals surface area contributed by atoms with E-state index in [-0.39, 0.29) is 133 Å². The minimum Gasteiger partial charge on any atom is -0.505 e. The maximum atomic E-state index is 13.0. The number of phenols is 2. The second kappa shape index (κ2) is 19.4. The minimum atomic E-state index is -5.03. The van der Waals surface area contributed by atoms with Crippen molar-refractivity contribution in [2.75, 3.05) is 10.6 Å². The summed E-state index contributed by atoms with van der Waals surface area (Å²) >= 11 is 0. The Morgan fingerprint density at radius 1 is 0.552 bits per heavy atom. The van der Waals surface area contributed by atoms with Gasteiger partial charge in [-0.25, -0.2) is 4.79 Å². The number of carbonyl (C=O) groups excluding carboxylic acids is 1. The molecule has 6 aromatic rings. The molecule has 24 heteroatoms. The summed E-state index contributed by atoms with van der Waals surface area (Å²) in [5.74, 6) is -1.30. The number of urea groups is 1. The smallest absolute Gasteiger partial charge is 0.323 e. The van der Waals surface area contributed by atoms with Gasteiger partial charge in [-0.05, 0) is 102 Å². The van der Waals surface area contributed by atoms with Crippen molar-refractivity contribution in [3.63, 3.8) is 0 Å². The molecule has 0 bridgehead atoms. The zero-order valence-corrected chi connectivity index (χ0v) is 39.3. The average Bonchev–Trinajstić information content (AvgIpc) is 3.10. The number of fused-ring (bicyclic) bond motifs is 2. The molecule has 285 valence electrons. The first kappa shape index (κ1) is 49.0. The fourth-order valence-electron chi connectivity index (χ4n) is 5.35. The third-order valence-corrected chi connectivity index (χ3v) is 10.5. The van der Waals surface area contributed by atoms with Gasteiger partial charge in [0.25, 0.3) is 30.4 Å². The fourth-order valence-corrected chi connectivity index (χ4v) is 7.23. The molecular formula is C34H26N6Na3O12S3. The Morgan fingerprint density at radius 2 is 1.02 bits per heavy atom. The summed E-state index contributed by atoms with van der Waals surface area (Å²) in [6.45, 7) is 1.44. The van der Waals surface area contributed by atoms with Crippen molar-refractivity contribution in [3.05, 3.63) is 103 Å². The van der Waals surface area contributed by atoms with Gasteiger partial charge in [-0.15, -0.1) is 10.2 Å². The van der Waals surface area contributed by atoms with E-state index in [1.165, 1.54) is 49.4 Å². The van der Waals surface area contributed by atoms with Gasteiger partial charge in [0.15, 0.2) is 11.5 Å². The van der Waals surface area contributed by atoms with Crippen LogP contribution in [0, 0.1) is 6.92 Å². The van der Waals surface area contributed by atoms with Gasteiger partial charge in [0.1, 0.15) is 21.2 Å². The molecule has 0 saturated carbocycles. The summed E-state index contributed by atoms with van der Waals surface area (Å²) in [6, 6.07) is 20.8. The molecule has 0 spiro atoms. The standard InChI is InChI=1S/C34H26N6O12S3.3Na/c1-18-13-24(53(44,45)46)9-12-27(18)38-40-31-29(55(50,51)52)17-20-15-23(8-11-26(20)33(31)42)36-34(43)35-22-7-10-25-19(14-22)16-28(54(47,48)49)30(32(25)41)39-37-21-5-3-2-4-6-21;;;/h2-17,41-42H,1H3,(H2,35,36,43)(H,44,45,46)(H,47,48,49)(H,50,51,52);;;. The van der Waals surface area contributed by atoms with Crippen LogP contribution in [0.2, 0.25) is 0 Å². The predicted octanol–water partition coefficient (Wildman–Crippen LogP) is 6.79. The van der Waals surface area contributed by atoms with E-state index in [4.69, 9.17) is 0 Å². The summed E-state index contributed by atoms with van der Waals surface area (Å²) in [5.41, 5.74) is -0.306. The molecule has 0 saturated heterocycles. The molecule has 58 heavy (non-hydrogen) atoms. The van der Waals surface area contributed by atoms with Gasteiger partial charge in [-0.3, -0.25) is 13.7 Å². The Kier molecular flexibility index (Phi) is 16.4. The van der Waals surface area contributed by atoms with Crippen LogP contribution in [0.15, 0.2) is 132 Å². The number of anilines is 2. The largest absolute Gasteiger partial charge is 0.505 e. The zero-order chi connectivity index (χ0) is 39.9. The normalized spacial score (nSPS) is 11.9. The SMILES string of the molecule is Cc1cc(S(=O)(=O)O)ccc1N=Nc1c(S(=O)(=O)O)cc2cc(NC(=O)Nc3ccc4c(O)c(N=Nc5ccccc5)c(S(=O)(=O)O)cc4c3)ccc2c1O.[Na].[Na].[Na]. The summed E-state index contributed by atoms with van der Waals surface area (Å²) in [7, 11) is -14.4. The van der Waals surface area contributed by atoms with E-state index >= 15 is 0 Å². The van der Waals surface area contributed by atoms with Gasteiger partial charge in [-0.1, -0.05) is 18.2 Å². The summed E-state index contributed by atoms with van der Waals surface area (Å²) in [4.78, 5) is 11.0. The zero-order valence-electron chi connectivity index (χ0n) is 30.8. The van der Waals surface area contributed by atoms with Gasteiger partial charge >= 0.3 is 6.03 Å². The van der Waals surface area contributed by atoms with Crippen molar-refractivity contribution >= 4 is 181 Å². The van der Waals surface area contributed by atoms with Crippen LogP contribution >= 0.6 is 0 Å². The van der Waals surface area contributed by atoms with Crippen molar-refractivity contribution in [1.29, 1.82) is 0 Å². The number of aryl methyl sites for hydroxylation is 1. The first-order valence-electron chi connectivity index (χ1n) is 15.4. The summed E-state index contributed by atoms with van der Waals surface area (Å²) < 4.78 is 101. The van der Waals surface area contributed by atoms with Gasteiger partial charge in [0.05, 0.1) is 16.3 Å². The molecule has 0 atom stereocenters. The van der Waals surface area contributed by atoms with E-state index < -0.39 is 73.9 Å². The van der Waals surface area contributed by atoms with Crippen LogP contribution in [0.5, 0.6) is 11.5 Å². The quantitative estimate of drug-likeness (QED) is 0.0449. The van der Waals surface area contributed by atoms with Crippen LogP contribution in [0.25, 0.3) is 21.5 Å². The van der Waals surface area contributed by atoms with Gasteiger partial charge in [0, 0.05) is 111 Å². The molecular weight excluding hydrogens is 850 g/mol. The van der Waals surface area contributed by atoms with Crippen molar-refractivity contribution in [2.24, 2.45) is 20.5 Å². The number of benzene rings is 6. The van der Waals surface area contributed by atoms with E-state index in [2.05, 4.69) is 31.1 Å². The molecule has 6 aromatic carbocycles. The van der Waals surface area contributed by atoms with E-state index in [0.717, 1.165) is 24.3 Å². The van der Waals surface area contributed by atoms with E-state index in [0.29, 0.717) is 5.69 Å². The Hall–Kier alpha value is -3.36. The van der Waals surface area contributed by atoms with Gasteiger partial charge < -0.3 is 20.8 Å². The van der Waals surface area contributed by atoms with Crippen LogP contribution in [0.1, 0.15) is 5.56 Å². The number of amides is 2. The summed E-state index contributed by atoms with van der Waals surface area (Å²) in [6.07, 6.45) is 0. The second-order valence-corrected chi connectivity index (χ2v) is 15.9. The van der Waals surface area contributed by atoms with E-state index in [1.807, 2.05) is 0 Å². The molecule has 0 aliphatic carbocycles. The van der Waals surface area contributed by atoms with Crippen molar-refractivity contribution in [3.8, 4) is 11.5 Å². The Morgan fingerprint density at radius 3 is 1.45 bits per heavy atom. The third kappa shape index (κ3) is 11.3. The summed E-state index contributed by atoms with van der Waals surface area (Å²) in [5, 5.41) is 42.7. The number of phenolic OH excluding ortho intramolecular Hbond substituents is 2. The second-order valence-electron chi connectivity index (χ2n) is 11.7. The van der Waals surface area contributed by atoms with Crippen LogP contribution in [0.4, 0.5) is 38.9 Å². The monoisotopic (exact) mass is 875 g/mol. The van der Waals surface area contributed by atoms with E-state index in [9.17, 15) is 53.9 Å². The minimum absolute atomic E-state index is 0. The van der Waals surface area contributed by atoms with Crippen LogP contribution in [0.3, 0.4) is 0 Å². The first-order valence-corrected chi connectivity index (χ1v) is 19.7. The Balaban J connectivity index is 0.00000300. The number of aromatic hydroxyl groups is 2. The number of nitrogens with one attached hydrogen (secondary N) is 2. The molecule has 0 aliphatic heterocycles. The Labute approximate surface area is 397 Å². The van der Waals surface area contributed by atoms with E-state index in [1.54, 1.807) is 30.3 Å². The molecule has 2 amide bonds. The van der Waals surface area contributed by atoms with Gasteiger partial charge in [-0.2, -0.15) is 35.5 Å². The third-order valence-electron chi connectivity index (χ3n) is 7.92. The molecule has 0 aromatic heterocycles. The number of carbonyl (C=O) groups is 1. The topological polar surface area (TPSA) is 294 Å². The van der Waals surface area contributed by atoms with Crippen molar-refractivity contribution in [1.82, 2.24) is 0 Å². The maximum Gasteiger partial charge on any atom is 0.323 e. The molecule has 6 rings (SSSR count). The van der Waals surface area contributed by atoms with Crippen LogP contribution in [-0.4, -0.2) is 144 Å². The number of azo groups is 2. The molecule has 0 heterocycles. The van der Waals surface area contributed by atoms with Gasteiger partial charge in [0.2, 0.25) is 0 Å². The average molecular weight is 876 g/mol. The Bertz CT molecular complexity index is 2980. The molecule has 0 aliphatic rings.